The largest absolute Gasteiger partial charge is 0.463 e. The molecular formula is C31H32O7. The second kappa shape index (κ2) is 14.5. The normalized spacial score (nSPS) is 10.5. The molecular weight excluding hydrogens is 484 g/mol. The second-order valence-corrected chi connectivity index (χ2v) is 8.81. The number of benzene rings is 3. The molecule has 7 heteroatoms. The second-order valence-electron chi connectivity index (χ2n) is 8.81. The van der Waals surface area contributed by atoms with Crippen LogP contribution in [0.1, 0.15) is 63.1 Å². The summed E-state index contributed by atoms with van der Waals surface area (Å²) in [5, 5.41) is 9.75. The minimum Gasteiger partial charge on any atom is -0.463 e. The molecule has 0 aliphatic heterocycles. The molecule has 198 valence electrons. The van der Waals surface area contributed by atoms with Gasteiger partial charge in [-0.05, 0) is 74.2 Å². The molecule has 0 aliphatic carbocycles. The fraction of sp³-hybridized carbons (Fsp3) is 0.258. The Bertz CT molecular complexity index is 1240. The van der Waals surface area contributed by atoms with Gasteiger partial charge in [-0.3, -0.25) is 0 Å². The van der Waals surface area contributed by atoms with Crippen molar-refractivity contribution < 1.29 is 33.7 Å². The van der Waals surface area contributed by atoms with Gasteiger partial charge in [0.2, 0.25) is 0 Å². The van der Waals surface area contributed by atoms with Crippen molar-refractivity contribution in [1.29, 1.82) is 0 Å². The molecule has 0 aromatic heterocycles. The van der Waals surface area contributed by atoms with E-state index in [4.69, 9.17) is 14.2 Å². The molecule has 38 heavy (non-hydrogen) atoms. The third-order valence-corrected chi connectivity index (χ3v) is 5.86. The van der Waals surface area contributed by atoms with Crippen LogP contribution in [0.2, 0.25) is 0 Å². The van der Waals surface area contributed by atoms with E-state index in [0.717, 1.165) is 49.3 Å². The van der Waals surface area contributed by atoms with E-state index in [0.29, 0.717) is 23.3 Å². The highest BCUT2D eigenvalue weighted by Crippen LogP contribution is 2.26. The molecule has 0 saturated carbocycles. The molecule has 0 spiro atoms. The number of hydrogen-bond acceptors (Lipinski definition) is 7. The van der Waals surface area contributed by atoms with Crippen LogP contribution in [0, 0.1) is 6.92 Å². The fourth-order valence-electron chi connectivity index (χ4n) is 3.68. The summed E-state index contributed by atoms with van der Waals surface area (Å²) in [5.41, 5.74) is 3.26. The van der Waals surface area contributed by atoms with E-state index in [2.05, 4.69) is 6.58 Å². The summed E-state index contributed by atoms with van der Waals surface area (Å²) in [4.78, 5) is 36.0. The van der Waals surface area contributed by atoms with E-state index in [1.807, 2.05) is 31.2 Å². The van der Waals surface area contributed by atoms with Gasteiger partial charge in [-0.25, -0.2) is 14.4 Å². The number of aliphatic hydroxyl groups is 1. The van der Waals surface area contributed by atoms with Gasteiger partial charge in [0.05, 0.1) is 24.3 Å². The van der Waals surface area contributed by atoms with Gasteiger partial charge in [-0.1, -0.05) is 49.2 Å². The summed E-state index contributed by atoms with van der Waals surface area (Å²) in [6.07, 6.45) is 5.83. The first-order chi connectivity index (χ1) is 18.4. The van der Waals surface area contributed by atoms with Gasteiger partial charge >= 0.3 is 17.9 Å². The summed E-state index contributed by atoms with van der Waals surface area (Å²) in [6, 6.07) is 18.7. The zero-order chi connectivity index (χ0) is 27.3. The van der Waals surface area contributed by atoms with Crippen LogP contribution in [0.15, 0.2) is 79.4 Å². The van der Waals surface area contributed by atoms with Crippen molar-refractivity contribution in [1.82, 2.24) is 0 Å². The van der Waals surface area contributed by atoms with Crippen LogP contribution in [-0.4, -0.2) is 29.6 Å². The molecule has 7 nitrogen and oxygen atoms in total. The van der Waals surface area contributed by atoms with Crippen molar-refractivity contribution >= 4 is 17.9 Å². The minimum absolute atomic E-state index is 0.194. The number of unbranched alkanes of at least 4 members (excludes halogenated alkanes) is 3. The van der Waals surface area contributed by atoms with Crippen LogP contribution in [0.5, 0.6) is 11.5 Å². The first kappa shape index (κ1) is 28.3. The van der Waals surface area contributed by atoms with E-state index in [-0.39, 0.29) is 11.5 Å². The number of rotatable bonds is 13. The Morgan fingerprint density at radius 3 is 2.11 bits per heavy atom. The number of ether oxygens (including phenoxy) is 3. The van der Waals surface area contributed by atoms with Gasteiger partial charge in [0.15, 0.2) is 0 Å². The fourth-order valence-corrected chi connectivity index (χ4v) is 3.68. The number of hydrogen-bond donors (Lipinski definition) is 1. The lowest BCUT2D eigenvalue weighted by atomic mass is 10.0. The van der Waals surface area contributed by atoms with E-state index < -0.39 is 24.5 Å². The van der Waals surface area contributed by atoms with Crippen LogP contribution < -0.4 is 9.47 Å². The van der Waals surface area contributed by atoms with E-state index in [9.17, 15) is 19.5 Å². The Hall–Kier alpha value is -4.23. The van der Waals surface area contributed by atoms with Crippen molar-refractivity contribution in [3.8, 4) is 11.5 Å². The first-order valence-electron chi connectivity index (χ1n) is 12.5. The quantitative estimate of drug-likeness (QED) is 0.133. The molecule has 0 bridgehead atoms. The van der Waals surface area contributed by atoms with Gasteiger partial charge in [-0.2, -0.15) is 0 Å². The van der Waals surface area contributed by atoms with Gasteiger partial charge in [-0.15, -0.1) is 0 Å². The molecule has 0 heterocycles. The molecule has 3 aromatic carbocycles. The average molecular weight is 517 g/mol. The van der Waals surface area contributed by atoms with Gasteiger partial charge < -0.3 is 19.3 Å². The van der Waals surface area contributed by atoms with Crippen molar-refractivity contribution in [2.75, 3.05) is 6.61 Å². The lowest BCUT2D eigenvalue weighted by molar-refractivity contribution is -0.137. The maximum atomic E-state index is 12.6. The molecule has 0 saturated heterocycles. The van der Waals surface area contributed by atoms with Crippen molar-refractivity contribution in [3.05, 3.63) is 107 Å². The summed E-state index contributed by atoms with van der Waals surface area (Å²) in [7, 11) is 0. The number of aliphatic hydroxyl groups excluding tert-OH is 1. The number of carbonyl (C=O) groups is 3. The lowest BCUT2D eigenvalue weighted by Gasteiger charge is -2.11. The Morgan fingerprint density at radius 2 is 1.45 bits per heavy atom. The smallest absolute Gasteiger partial charge is 0.343 e. The number of carbonyl (C=O) groups excluding carboxylic acids is 3. The Labute approximate surface area is 222 Å². The molecule has 0 fully saturated rings. The topological polar surface area (TPSA) is 99.1 Å². The zero-order valence-electron chi connectivity index (χ0n) is 21.5. The third kappa shape index (κ3) is 8.71. The molecule has 0 unspecified atom stereocenters. The summed E-state index contributed by atoms with van der Waals surface area (Å²) in [5.74, 6) is -1.04. The highest BCUT2D eigenvalue weighted by molar-refractivity contribution is 5.92. The van der Waals surface area contributed by atoms with E-state index in [1.54, 1.807) is 24.3 Å². The molecule has 0 radical (unpaired) electrons. The highest BCUT2D eigenvalue weighted by Gasteiger charge is 2.15. The van der Waals surface area contributed by atoms with Crippen LogP contribution in [0.3, 0.4) is 0 Å². The van der Waals surface area contributed by atoms with Crippen molar-refractivity contribution in [2.24, 2.45) is 0 Å². The molecule has 0 atom stereocenters. The number of aryl methyl sites for hydroxylation is 2. The molecule has 3 rings (SSSR count). The van der Waals surface area contributed by atoms with Crippen LogP contribution in [0.25, 0.3) is 0 Å². The maximum Gasteiger partial charge on any atom is 0.343 e. The Kier molecular flexibility index (Phi) is 10.8. The van der Waals surface area contributed by atoms with Crippen LogP contribution in [-0.2, 0) is 22.6 Å². The lowest BCUT2D eigenvalue weighted by Crippen LogP contribution is -2.11. The van der Waals surface area contributed by atoms with E-state index >= 15 is 0 Å². The Morgan fingerprint density at radius 1 is 0.816 bits per heavy atom. The minimum atomic E-state index is -0.543. The van der Waals surface area contributed by atoms with Gasteiger partial charge in [0.25, 0.3) is 0 Å². The van der Waals surface area contributed by atoms with Gasteiger partial charge in [0.1, 0.15) is 11.5 Å². The maximum absolute atomic E-state index is 12.6. The summed E-state index contributed by atoms with van der Waals surface area (Å²) < 4.78 is 15.9. The third-order valence-electron chi connectivity index (χ3n) is 5.86. The predicted molar refractivity (Wildman–Crippen MR) is 143 cm³/mol. The first-order valence-corrected chi connectivity index (χ1v) is 12.5. The summed E-state index contributed by atoms with van der Waals surface area (Å²) in [6.45, 7) is 5.30. The predicted octanol–water partition coefficient (Wildman–Crippen LogP) is 5.76. The van der Waals surface area contributed by atoms with Crippen molar-refractivity contribution in [2.45, 2.75) is 45.6 Å². The van der Waals surface area contributed by atoms with Gasteiger partial charge in [0, 0.05) is 11.6 Å². The number of esters is 3. The summed E-state index contributed by atoms with van der Waals surface area (Å²) >= 11 is 0. The van der Waals surface area contributed by atoms with Crippen LogP contribution in [0.4, 0.5) is 0 Å². The average Bonchev–Trinajstić information content (AvgIpc) is 2.93. The zero-order valence-corrected chi connectivity index (χ0v) is 21.5. The molecule has 0 amide bonds. The standard InChI is InChI=1S/C31H32O7/c1-3-29(33)36-19-7-5-4-6-8-23-11-15-25(16-12-23)30(34)37-27-17-18-28(26(20-27)21-32)38-31(35)24-13-9-22(2)10-14-24/h3,9-18,20,32H,1,4-8,19,21H2,2H3. The molecule has 1 N–H and O–H groups in total. The van der Waals surface area contributed by atoms with Crippen LogP contribution >= 0.6 is 0 Å². The highest BCUT2D eigenvalue weighted by atomic mass is 16.5. The Balaban J connectivity index is 1.48. The monoisotopic (exact) mass is 516 g/mol. The molecule has 0 aliphatic rings. The van der Waals surface area contributed by atoms with Crippen molar-refractivity contribution in [3.63, 3.8) is 0 Å². The van der Waals surface area contributed by atoms with E-state index in [1.165, 1.54) is 18.2 Å². The molecule has 3 aromatic rings. The SMILES string of the molecule is C=CC(=O)OCCCCCCc1ccc(C(=O)Oc2ccc(OC(=O)c3ccc(C)cc3)c(CO)c2)cc1.